The van der Waals surface area contributed by atoms with Crippen LogP contribution in [0.25, 0.3) is 11.0 Å². The van der Waals surface area contributed by atoms with Gasteiger partial charge >= 0.3 is 0 Å². The number of methoxy groups -OCH3 is 1. The molecule has 0 saturated heterocycles. The van der Waals surface area contributed by atoms with Crippen molar-refractivity contribution >= 4 is 11.0 Å². The predicted octanol–water partition coefficient (Wildman–Crippen LogP) is 5.02. The molecule has 4 rings (SSSR count). The summed E-state index contributed by atoms with van der Waals surface area (Å²) < 4.78 is 13.5. The second-order valence-corrected chi connectivity index (χ2v) is 6.86. The summed E-state index contributed by atoms with van der Waals surface area (Å²) in [6, 6.07) is 24.6. The molecule has 0 saturated carbocycles. The van der Waals surface area contributed by atoms with Crippen molar-refractivity contribution in [2.45, 2.75) is 19.9 Å². The number of hydrogen-bond acceptors (Lipinski definition) is 3. The Bertz CT molecular complexity index is 1070. The van der Waals surface area contributed by atoms with E-state index < -0.39 is 0 Å². The predicted molar refractivity (Wildman–Crippen MR) is 112 cm³/mol. The zero-order valence-corrected chi connectivity index (χ0v) is 16.3. The minimum Gasteiger partial charge on any atom is -0.497 e. The number of benzene rings is 3. The van der Waals surface area contributed by atoms with E-state index in [0.717, 1.165) is 41.3 Å². The quantitative estimate of drug-likeness (QED) is 0.457. The number of para-hydroxylation sites is 2. The maximum atomic E-state index is 5.98. The van der Waals surface area contributed by atoms with Gasteiger partial charge < -0.3 is 14.0 Å². The van der Waals surface area contributed by atoms with Gasteiger partial charge in [0.25, 0.3) is 0 Å². The smallest absolute Gasteiger partial charge is 0.119 e. The molecule has 0 radical (unpaired) electrons. The molecule has 0 unspecified atom stereocenters. The third-order valence-electron chi connectivity index (χ3n) is 4.83. The summed E-state index contributed by atoms with van der Waals surface area (Å²) in [5.74, 6) is 2.81. The highest BCUT2D eigenvalue weighted by atomic mass is 16.5. The lowest BCUT2D eigenvalue weighted by molar-refractivity contribution is 0.298. The Morgan fingerprint density at radius 1 is 0.893 bits per heavy atom. The normalized spacial score (nSPS) is 10.9. The van der Waals surface area contributed by atoms with Crippen molar-refractivity contribution in [3.63, 3.8) is 0 Å². The van der Waals surface area contributed by atoms with Gasteiger partial charge in [0.2, 0.25) is 0 Å². The Morgan fingerprint density at radius 3 is 2.50 bits per heavy atom. The van der Waals surface area contributed by atoms with E-state index in [1.165, 1.54) is 11.1 Å². The molecule has 0 aliphatic heterocycles. The zero-order valence-electron chi connectivity index (χ0n) is 16.3. The van der Waals surface area contributed by atoms with E-state index in [-0.39, 0.29) is 0 Å². The van der Waals surface area contributed by atoms with E-state index in [9.17, 15) is 0 Å². The van der Waals surface area contributed by atoms with Crippen LogP contribution in [0.15, 0.2) is 72.8 Å². The van der Waals surface area contributed by atoms with Gasteiger partial charge in [-0.3, -0.25) is 0 Å². The van der Waals surface area contributed by atoms with Crippen LogP contribution in [0.5, 0.6) is 11.5 Å². The molecule has 0 N–H and O–H groups in total. The Morgan fingerprint density at radius 2 is 1.71 bits per heavy atom. The van der Waals surface area contributed by atoms with Gasteiger partial charge in [-0.05, 0) is 54.4 Å². The number of nitrogens with zero attached hydrogens (tertiary/aromatic N) is 2. The second-order valence-electron chi connectivity index (χ2n) is 6.86. The van der Waals surface area contributed by atoms with Crippen LogP contribution < -0.4 is 9.47 Å². The first kappa shape index (κ1) is 18.1. The lowest BCUT2D eigenvalue weighted by atomic mass is 10.1. The first-order chi connectivity index (χ1) is 13.7. The summed E-state index contributed by atoms with van der Waals surface area (Å²) in [6.45, 7) is 3.42. The third kappa shape index (κ3) is 4.01. The highest BCUT2D eigenvalue weighted by molar-refractivity contribution is 5.76. The van der Waals surface area contributed by atoms with Gasteiger partial charge in [0.1, 0.15) is 23.9 Å². The topological polar surface area (TPSA) is 36.3 Å². The maximum Gasteiger partial charge on any atom is 0.119 e. The van der Waals surface area contributed by atoms with E-state index in [0.29, 0.717) is 6.61 Å². The Hall–Kier alpha value is -3.27. The monoisotopic (exact) mass is 372 g/mol. The average molecular weight is 372 g/mol. The van der Waals surface area contributed by atoms with Crippen LogP contribution in [0.3, 0.4) is 0 Å². The number of ether oxygens (including phenoxy) is 2. The molecule has 0 aliphatic rings. The fourth-order valence-electron chi connectivity index (χ4n) is 3.40. The number of rotatable bonds is 7. The molecule has 0 fully saturated rings. The zero-order chi connectivity index (χ0) is 19.3. The number of hydrogen-bond donors (Lipinski definition) is 0. The first-order valence-corrected chi connectivity index (χ1v) is 9.49. The molecule has 1 heterocycles. The molecule has 0 bridgehead atoms. The number of imidazole rings is 1. The van der Waals surface area contributed by atoms with Crippen molar-refractivity contribution in [3.8, 4) is 11.5 Å². The van der Waals surface area contributed by atoms with Gasteiger partial charge in [-0.25, -0.2) is 4.98 Å². The Balaban J connectivity index is 1.55. The fraction of sp³-hybridized carbons (Fsp3) is 0.208. The summed E-state index contributed by atoms with van der Waals surface area (Å²) in [5, 5.41) is 0. The lowest BCUT2D eigenvalue weighted by Crippen LogP contribution is -2.11. The molecule has 142 valence electrons. The van der Waals surface area contributed by atoms with Crippen molar-refractivity contribution in [2.75, 3.05) is 13.7 Å². The lowest BCUT2D eigenvalue weighted by Gasteiger charge is -2.11. The molecule has 0 amide bonds. The standard InChI is InChI=1S/C24H24N2O2/c1-18-6-5-7-21(16-18)28-15-14-26-23-9-4-3-8-22(23)25-24(26)17-19-10-12-20(27-2)13-11-19/h3-13,16H,14-15,17H2,1-2H3. The average Bonchev–Trinajstić information content (AvgIpc) is 3.06. The molecule has 4 heteroatoms. The largest absolute Gasteiger partial charge is 0.497 e. The van der Waals surface area contributed by atoms with E-state index in [1.807, 2.05) is 30.3 Å². The van der Waals surface area contributed by atoms with Crippen molar-refractivity contribution in [3.05, 3.63) is 89.7 Å². The van der Waals surface area contributed by atoms with Crippen molar-refractivity contribution in [2.24, 2.45) is 0 Å². The molecule has 0 spiro atoms. The summed E-state index contributed by atoms with van der Waals surface area (Å²) in [5.41, 5.74) is 4.56. The first-order valence-electron chi connectivity index (χ1n) is 9.49. The minimum atomic E-state index is 0.597. The SMILES string of the molecule is COc1ccc(Cc2nc3ccccc3n2CCOc2cccc(C)c2)cc1. The van der Waals surface area contributed by atoms with Gasteiger partial charge in [-0.2, -0.15) is 0 Å². The van der Waals surface area contributed by atoms with Crippen molar-refractivity contribution < 1.29 is 9.47 Å². The second kappa shape index (κ2) is 8.17. The molecule has 4 nitrogen and oxygen atoms in total. The van der Waals surface area contributed by atoms with Gasteiger partial charge in [0, 0.05) is 6.42 Å². The third-order valence-corrected chi connectivity index (χ3v) is 4.83. The van der Waals surface area contributed by atoms with Crippen molar-refractivity contribution in [1.29, 1.82) is 0 Å². The molecule has 4 aromatic rings. The molecule has 0 aliphatic carbocycles. The van der Waals surface area contributed by atoms with Crippen LogP contribution in [0.2, 0.25) is 0 Å². The van der Waals surface area contributed by atoms with E-state index in [4.69, 9.17) is 14.5 Å². The number of aromatic nitrogens is 2. The van der Waals surface area contributed by atoms with Crippen LogP contribution in [0.4, 0.5) is 0 Å². The summed E-state index contributed by atoms with van der Waals surface area (Å²) >= 11 is 0. The fourth-order valence-corrected chi connectivity index (χ4v) is 3.40. The minimum absolute atomic E-state index is 0.597. The van der Waals surface area contributed by atoms with Crippen LogP contribution >= 0.6 is 0 Å². The summed E-state index contributed by atoms with van der Waals surface area (Å²) in [6.07, 6.45) is 0.767. The van der Waals surface area contributed by atoms with Crippen LogP contribution in [0, 0.1) is 6.92 Å². The molecule has 1 aromatic heterocycles. The molecule has 28 heavy (non-hydrogen) atoms. The summed E-state index contributed by atoms with van der Waals surface area (Å²) in [7, 11) is 1.68. The van der Waals surface area contributed by atoms with Crippen molar-refractivity contribution in [1.82, 2.24) is 9.55 Å². The number of fused-ring (bicyclic) bond motifs is 1. The Labute approximate surface area is 165 Å². The summed E-state index contributed by atoms with van der Waals surface area (Å²) in [4.78, 5) is 4.87. The highest BCUT2D eigenvalue weighted by Crippen LogP contribution is 2.20. The molecule has 3 aromatic carbocycles. The molecule has 0 atom stereocenters. The molecular formula is C24H24N2O2. The van der Waals surface area contributed by atoms with Gasteiger partial charge in [-0.1, -0.05) is 36.4 Å². The van der Waals surface area contributed by atoms with Gasteiger partial charge in [0.05, 0.1) is 24.7 Å². The van der Waals surface area contributed by atoms with E-state index in [1.54, 1.807) is 7.11 Å². The van der Waals surface area contributed by atoms with Gasteiger partial charge in [0.15, 0.2) is 0 Å². The van der Waals surface area contributed by atoms with Crippen LogP contribution in [-0.4, -0.2) is 23.3 Å². The van der Waals surface area contributed by atoms with E-state index in [2.05, 4.69) is 54.0 Å². The van der Waals surface area contributed by atoms with Crippen LogP contribution in [-0.2, 0) is 13.0 Å². The highest BCUT2D eigenvalue weighted by Gasteiger charge is 2.11. The van der Waals surface area contributed by atoms with Crippen LogP contribution in [0.1, 0.15) is 17.0 Å². The maximum absolute atomic E-state index is 5.98. The molecular weight excluding hydrogens is 348 g/mol. The van der Waals surface area contributed by atoms with E-state index >= 15 is 0 Å². The Kier molecular flexibility index (Phi) is 5.29. The number of aryl methyl sites for hydroxylation is 1. The van der Waals surface area contributed by atoms with Gasteiger partial charge in [-0.15, -0.1) is 0 Å².